The van der Waals surface area contributed by atoms with Gasteiger partial charge < -0.3 is 9.88 Å². The van der Waals surface area contributed by atoms with Crippen LogP contribution < -0.4 is 9.62 Å². The molecular formula is C23H27ClN4O3S. The average molecular weight is 475 g/mol. The van der Waals surface area contributed by atoms with Crippen molar-refractivity contribution in [1.29, 1.82) is 0 Å². The molecule has 0 unspecified atom stereocenters. The predicted molar refractivity (Wildman–Crippen MR) is 128 cm³/mol. The number of rotatable bonds is 9. The summed E-state index contributed by atoms with van der Waals surface area (Å²) < 4.78 is 27.9. The van der Waals surface area contributed by atoms with Crippen LogP contribution in [-0.2, 0) is 21.4 Å². The van der Waals surface area contributed by atoms with Crippen LogP contribution in [-0.4, -0.2) is 36.7 Å². The van der Waals surface area contributed by atoms with Gasteiger partial charge in [0.05, 0.1) is 11.9 Å². The molecule has 3 rings (SSSR count). The highest BCUT2D eigenvalue weighted by Crippen LogP contribution is 2.26. The van der Waals surface area contributed by atoms with Crippen LogP contribution in [0.1, 0.15) is 29.8 Å². The summed E-state index contributed by atoms with van der Waals surface area (Å²) in [6, 6.07) is 13.0. The molecule has 0 spiro atoms. The molecule has 1 heterocycles. The summed E-state index contributed by atoms with van der Waals surface area (Å²) in [5, 5.41) is 3.35. The second-order valence-corrected chi connectivity index (χ2v) is 10.0. The molecule has 7 nitrogen and oxygen atoms in total. The zero-order valence-corrected chi connectivity index (χ0v) is 19.9. The number of sulfonamides is 1. The molecule has 0 saturated heterocycles. The van der Waals surface area contributed by atoms with E-state index >= 15 is 0 Å². The van der Waals surface area contributed by atoms with Crippen molar-refractivity contribution in [1.82, 2.24) is 14.9 Å². The minimum absolute atomic E-state index is 0.129. The molecule has 0 fully saturated rings. The summed E-state index contributed by atoms with van der Waals surface area (Å²) in [6.07, 6.45) is 5.42. The second kappa shape index (κ2) is 10.2. The number of benzene rings is 2. The van der Waals surface area contributed by atoms with Gasteiger partial charge in [-0.3, -0.25) is 9.10 Å². The molecule has 32 heavy (non-hydrogen) atoms. The first kappa shape index (κ1) is 23.8. The van der Waals surface area contributed by atoms with Gasteiger partial charge in [-0.25, -0.2) is 13.4 Å². The standard InChI is InChI=1S/C23H27ClN4O3S/c1-17-6-9-20(24)15-22(17)28(32(3,30)31)13-4-5-23(29)26-16-19-7-10-21(11-8-19)27-14-12-25-18(27)2/h6-12,14-15H,4-5,13,16H2,1-3H3,(H,26,29). The maximum atomic E-state index is 12.3. The molecule has 1 aromatic heterocycles. The predicted octanol–water partition coefficient (Wildman–Crippen LogP) is 4.01. The number of nitrogens with zero attached hydrogens (tertiary/aromatic N) is 3. The number of nitrogens with one attached hydrogen (secondary N) is 1. The van der Waals surface area contributed by atoms with Crippen LogP contribution in [0.15, 0.2) is 54.9 Å². The summed E-state index contributed by atoms with van der Waals surface area (Å²) in [5.41, 5.74) is 3.33. The molecule has 170 valence electrons. The highest BCUT2D eigenvalue weighted by molar-refractivity contribution is 7.92. The van der Waals surface area contributed by atoms with Crippen LogP contribution in [0.2, 0.25) is 5.02 Å². The number of halogens is 1. The minimum Gasteiger partial charge on any atom is -0.352 e. The fourth-order valence-electron chi connectivity index (χ4n) is 3.41. The molecule has 0 radical (unpaired) electrons. The summed E-state index contributed by atoms with van der Waals surface area (Å²) in [5.74, 6) is 0.776. The number of aromatic nitrogens is 2. The molecule has 3 aromatic rings. The van der Waals surface area contributed by atoms with Crippen molar-refractivity contribution >= 4 is 33.2 Å². The van der Waals surface area contributed by atoms with Crippen LogP contribution in [0.5, 0.6) is 0 Å². The van der Waals surface area contributed by atoms with Crippen molar-refractivity contribution in [2.24, 2.45) is 0 Å². The van der Waals surface area contributed by atoms with Gasteiger partial charge in [0.1, 0.15) is 5.82 Å². The molecule has 0 aliphatic heterocycles. The first-order valence-corrected chi connectivity index (χ1v) is 12.5. The van der Waals surface area contributed by atoms with Gasteiger partial charge in [0.2, 0.25) is 15.9 Å². The molecular weight excluding hydrogens is 448 g/mol. The van der Waals surface area contributed by atoms with Crippen LogP contribution in [0, 0.1) is 13.8 Å². The van der Waals surface area contributed by atoms with E-state index in [2.05, 4.69) is 10.3 Å². The van der Waals surface area contributed by atoms with E-state index in [1.807, 2.05) is 48.9 Å². The molecule has 0 saturated carbocycles. The number of hydrogen-bond donors (Lipinski definition) is 1. The molecule has 9 heteroatoms. The molecule has 2 aromatic carbocycles. The van der Waals surface area contributed by atoms with Gasteiger partial charge >= 0.3 is 0 Å². The first-order valence-electron chi connectivity index (χ1n) is 10.2. The molecule has 0 bridgehead atoms. The Morgan fingerprint density at radius 2 is 1.88 bits per heavy atom. The quantitative estimate of drug-likeness (QED) is 0.508. The minimum atomic E-state index is -3.50. The fourth-order valence-corrected chi connectivity index (χ4v) is 4.59. The van der Waals surface area contributed by atoms with Crippen molar-refractivity contribution in [3.05, 3.63) is 76.8 Å². The van der Waals surface area contributed by atoms with E-state index in [1.165, 1.54) is 4.31 Å². The van der Waals surface area contributed by atoms with Crippen LogP contribution in [0.3, 0.4) is 0 Å². The molecule has 0 aliphatic carbocycles. The van der Waals surface area contributed by atoms with Crippen LogP contribution >= 0.6 is 11.6 Å². The largest absolute Gasteiger partial charge is 0.352 e. The highest BCUT2D eigenvalue weighted by Gasteiger charge is 2.19. The Hall–Kier alpha value is -2.84. The lowest BCUT2D eigenvalue weighted by Gasteiger charge is -2.24. The Balaban J connectivity index is 1.53. The lowest BCUT2D eigenvalue weighted by molar-refractivity contribution is -0.121. The van der Waals surface area contributed by atoms with E-state index < -0.39 is 10.0 Å². The van der Waals surface area contributed by atoms with Gasteiger partial charge in [-0.2, -0.15) is 0 Å². The zero-order valence-electron chi connectivity index (χ0n) is 18.4. The lowest BCUT2D eigenvalue weighted by atomic mass is 10.2. The maximum Gasteiger partial charge on any atom is 0.232 e. The maximum absolute atomic E-state index is 12.3. The number of hydrogen-bond acceptors (Lipinski definition) is 4. The molecule has 0 aliphatic rings. The third-order valence-corrected chi connectivity index (χ3v) is 6.55. The number of imidazole rings is 1. The Morgan fingerprint density at radius 1 is 1.16 bits per heavy atom. The Bertz CT molecular complexity index is 1190. The zero-order chi connectivity index (χ0) is 23.3. The lowest BCUT2D eigenvalue weighted by Crippen LogP contribution is -2.32. The summed E-state index contributed by atoms with van der Waals surface area (Å²) >= 11 is 6.05. The van der Waals surface area contributed by atoms with Gasteiger partial charge in [0, 0.05) is 42.6 Å². The van der Waals surface area contributed by atoms with Gasteiger partial charge in [0.25, 0.3) is 0 Å². The van der Waals surface area contributed by atoms with Gasteiger partial charge in [-0.05, 0) is 55.7 Å². The third kappa shape index (κ3) is 6.11. The summed E-state index contributed by atoms with van der Waals surface area (Å²) in [4.78, 5) is 16.5. The Kier molecular flexibility index (Phi) is 7.58. The van der Waals surface area contributed by atoms with E-state index in [-0.39, 0.29) is 18.9 Å². The normalized spacial score (nSPS) is 11.4. The monoisotopic (exact) mass is 474 g/mol. The van der Waals surface area contributed by atoms with Crippen molar-refractivity contribution < 1.29 is 13.2 Å². The van der Waals surface area contributed by atoms with E-state index in [0.717, 1.165) is 28.9 Å². The van der Waals surface area contributed by atoms with Gasteiger partial charge in [-0.1, -0.05) is 29.8 Å². The van der Waals surface area contributed by atoms with Gasteiger partial charge in [-0.15, -0.1) is 0 Å². The van der Waals surface area contributed by atoms with Crippen molar-refractivity contribution in [3.8, 4) is 5.69 Å². The highest BCUT2D eigenvalue weighted by atomic mass is 35.5. The van der Waals surface area contributed by atoms with Gasteiger partial charge in [0.15, 0.2) is 0 Å². The summed E-state index contributed by atoms with van der Waals surface area (Å²) in [6.45, 7) is 4.38. The molecule has 0 atom stereocenters. The smallest absolute Gasteiger partial charge is 0.232 e. The number of carbonyl (C=O) groups excluding carboxylic acids is 1. The Labute approximate surface area is 194 Å². The number of amides is 1. The molecule has 1 N–H and O–H groups in total. The first-order chi connectivity index (χ1) is 15.1. The van der Waals surface area contributed by atoms with E-state index in [1.54, 1.807) is 24.4 Å². The van der Waals surface area contributed by atoms with Crippen molar-refractivity contribution in [2.45, 2.75) is 33.2 Å². The van der Waals surface area contributed by atoms with E-state index in [4.69, 9.17) is 11.6 Å². The fraction of sp³-hybridized carbons (Fsp3) is 0.304. The van der Waals surface area contributed by atoms with Crippen molar-refractivity contribution in [3.63, 3.8) is 0 Å². The number of aryl methyl sites for hydroxylation is 2. The number of carbonyl (C=O) groups is 1. The third-order valence-electron chi connectivity index (χ3n) is 5.14. The molecule has 1 amide bonds. The topological polar surface area (TPSA) is 84.3 Å². The van der Waals surface area contributed by atoms with Crippen LogP contribution in [0.25, 0.3) is 5.69 Å². The Morgan fingerprint density at radius 3 is 2.50 bits per heavy atom. The average Bonchev–Trinajstić information content (AvgIpc) is 3.17. The summed E-state index contributed by atoms with van der Waals surface area (Å²) in [7, 11) is -3.50. The van der Waals surface area contributed by atoms with Crippen LogP contribution in [0.4, 0.5) is 5.69 Å². The SMILES string of the molecule is Cc1ccc(Cl)cc1N(CCCC(=O)NCc1ccc(-n2ccnc2C)cc1)S(C)(=O)=O. The van der Waals surface area contributed by atoms with E-state index in [9.17, 15) is 13.2 Å². The van der Waals surface area contributed by atoms with E-state index in [0.29, 0.717) is 23.7 Å². The van der Waals surface area contributed by atoms with Crippen molar-refractivity contribution in [2.75, 3.05) is 17.1 Å². The number of anilines is 1. The second-order valence-electron chi connectivity index (χ2n) is 7.66.